The molecule has 0 spiro atoms. The normalized spacial score (nSPS) is 9.69. The molecule has 13 heavy (non-hydrogen) atoms. The van der Waals surface area contributed by atoms with Crippen molar-refractivity contribution in [2.24, 2.45) is 0 Å². The van der Waals surface area contributed by atoms with Crippen molar-refractivity contribution in [1.82, 2.24) is 10.2 Å². The van der Waals surface area contributed by atoms with E-state index in [1.54, 1.807) is 0 Å². The van der Waals surface area contributed by atoms with Crippen molar-refractivity contribution in [3.8, 4) is 0 Å². The van der Waals surface area contributed by atoms with Crippen LogP contribution in [0.2, 0.25) is 5.15 Å². The monoisotopic (exact) mass is 330 g/mol. The van der Waals surface area contributed by atoms with Gasteiger partial charge in [-0.1, -0.05) is 39.0 Å². The molecule has 2 nitrogen and oxygen atoms in total. The van der Waals surface area contributed by atoms with Gasteiger partial charge in [-0.3, -0.25) is 0 Å². The van der Waals surface area contributed by atoms with E-state index in [0.717, 1.165) is 15.2 Å². The maximum absolute atomic E-state index is 5.81. The minimum absolute atomic E-state index is 0. The van der Waals surface area contributed by atoms with Crippen molar-refractivity contribution < 1.29 is 32.7 Å². The minimum Gasteiger partial charge on any atom is -0.228 e. The van der Waals surface area contributed by atoms with Crippen molar-refractivity contribution >= 4 is 38.3 Å². The van der Waals surface area contributed by atoms with Gasteiger partial charge in [0.25, 0.3) is 0 Å². The van der Waals surface area contributed by atoms with Crippen LogP contribution >= 0.6 is 27.5 Å². The fraction of sp³-hybridized carbons (Fsp3) is 0. The van der Waals surface area contributed by atoms with Gasteiger partial charge in [-0.25, -0.2) is 5.10 Å². The number of fused-ring (bicyclic) bond motifs is 1. The topological polar surface area (TPSA) is 25.8 Å². The smallest absolute Gasteiger partial charge is 0.103 e. The first-order chi connectivity index (χ1) is 5.77. The quantitative estimate of drug-likeness (QED) is 0.694. The number of benzene rings is 1. The van der Waals surface area contributed by atoms with E-state index in [-0.39, 0.29) is 32.7 Å². The molecular formula is C8H3BrClN2Y-. The second-order valence-corrected chi connectivity index (χ2v) is 3.57. The van der Waals surface area contributed by atoms with E-state index in [2.05, 4.69) is 32.3 Å². The van der Waals surface area contributed by atoms with Crippen LogP contribution in [0.3, 0.4) is 0 Å². The molecule has 1 aromatic carbocycles. The molecule has 0 fully saturated rings. The Labute approximate surface area is 114 Å². The van der Waals surface area contributed by atoms with E-state index >= 15 is 0 Å². The van der Waals surface area contributed by atoms with Gasteiger partial charge in [0.05, 0.1) is 0 Å². The number of rotatable bonds is 0. The van der Waals surface area contributed by atoms with Gasteiger partial charge in [-0.2, -0.15) is 16.6 Å². The van der Waals surface area contributed by atoms with Gasteiger partial charge >= 0.3 is 0 Å². The Bertz CT molecular complexity index is 435. The first-order valence-electron chi connectivity index (χ1n) is 3.26. The summed E-state index contributed by atoms with van der Waals surface area (Å²) in [6.07, 6.45) is 2.75. The van der Waals surface area contributed by atoms with Crippen molar-refractivity contribution in [3.63, 3.8) is 0 Å². The molecule has 2 rings (SSSR count). The fourth-order valence-electron chi connectivity index (χ4n) is 0.961. The van der Waals surface area contributed by atoms with E-state index < -0.39 is 0 Å². The molecule has 1 aromatic heterocycles. The molecule has 0 saturated heterocycles. The standard InChI is InChI=1S/C8H3BrClN2.Y/c9-6-2-1-5-4-11-12-8(10)7(5)3-6;/h1-3H;/q-1;. The summed E-state index contributed by atoms with van der Waals surface area (Å²) in [6, 6.07) is 5.69. The number of hydrogen-bond acceptors (Lipinski definition) is 2. The summed E-state index contributed by atoms with van der Waals surface area (Å²) in [4.78, 5) is 0. The van der Waals surface area contributed by atoms with Crippen molar-refractivity contribution in [2.45, 2.75) is 0 Å². The Morgan fingerprint density at radius 3 is 2.92 bits per heavy atom. The van der Waals surface area contributed by atoms with Crippen LogP contribution in [-0.2, 0) is 32.7 Å². The Hall–Kier alpha value is 0.434. The van der Waals surface area contributed by atoms with E-state index in [1.807, 2.05) is 18.2 Å². The molecule has 0 saturated carbocycles. The van der Waals surface area contributed by atoms with E-state index in [1.165, 1.54) is 0 Å². The van der Waals surface area contributed by atoms with Gasteiger partial charge < -0.3 is 0 Å². The molecule has 0 unspecified atom stereocenters. The Morgan fingerprint density at radius 1 is 1.38 bits per heavy atom. The first-order valence-corrected chi connectivity index (χ1v) is 4.43. The molecular weight excluding hydrogens is 328 g/mol. The van der Waals surface area contributed by atoms with Gasteiger partial charge in [0.2, 0.25) is 0 Å². The van der Waals surface area contributed by atoms with Crippen LogP contribution in [0.4, 0.5) is 0 Å². The third-order valence-corrected chi connectivity index (χ3v) is 2.28. The van der Waals surface area contributed by atoms with Crippen LogP contribution in [0.5, 0.6) is 0 Å². The zero-order valence-electron chi connectivity index (χ0n) is 6.46. The van der Waals surface area contributed by atoms with E-state index in [9.17, 15) is 0 Å². The molecule has 0 aliphatic carbocycles. The number of aromatic nitrogens is 2. The van der Waals surface area contributed by atoms with E-state index in [4.69, 9.17) is 11.6 Å². The molecule has 0 aliphatic rings. The summed E-state index contributed by atoms with van der Waals surface area (Å²) in [5.41, 5.74) is 0. The van der Waals surface area contributed by atoms with Crippen LogP contribution < -0.4 is 0 Å². The zero-order valence-corrected chi connectivity index (χ0v) is 11.6. The molecule has 2 aromatic rings. The maximum Gasteiger partial charge on any atom is 0.103 e. The summed E-state index contributed by atoms with van der Waals surface area (Å²) in [7, 11) is 0. The molecule has 63 valence electrons. The molecule has 5 heteroatoms. The van der Waals surface area contributed by atoms with Gasteiger partial charge in [-0.15, -0.1) is 6.07 Å². The second kappa shape index (κ2) is 4.78. The molecule has 1 heterocycles. The van der Waals surface area contributed by atoms with Gasteiger partial charge in [0, 0.05) is 32.7 Å². The molecule has 0 bridgehead atoms. The summed E-state index contributed by atoms with van der Waals surface area (Å²) in [5, 5.41) is 9.45. The van der Waals surface area contributed by atoms with Crippen LogP contribution in [0.1, 0.15) is 0 Å². The average Bonchev–Trinajstić information content (AvgIpc) is 2.07. The van der Waals surface area contributed by atoms with Crippen molar-refractivity contribution in [3.05, 3.63) is 34.0 Å². The molecule has 1 radical (unpaired) electrons. The summed E-state index contributed by atoms with van der Waals surface area (Å²) in [6.45, 7) is 0. The van der Waals surface area contributed by atoms with Crippen molar-refractivity contribution in [2.75, 3.05) is 0 Å². The SMILES string of the molecule is Clc1nn[c-]c2ccc(Br)cc12.[Y]. The summed E-state index contributed by atoms with van der Waals surface area (Å²) >= 11 is 9.16. The first kappa shape index (κ1) is 11.5. The molecule has 0 atom stereocenters. The predicted octanol–water partition coefficient (Wildman–Crippen LogP) is 2.84. The second-order valence-electron chi connectivity index (χ2n) is 2.29. The fourth-order valence-corrected chi connectivity index (χ4v) is 1.52. The predicted molar refractivity (Wildman–Crippen MR) is 51.1 cm³/mol. The van der Waals surface area contributed by atoms with Gasteiger partial charge in [0.15, 0.2) is 0 Å². The van der Waals surface area contributed by atoms with E-state index in [0.29, 0.717) is 5.15 Å². The Balaban J connectivity index is 0.000000845. The van der Waals surface area contributed by atoms with Crippen LogP contribution in [0.15, 0.2) is 22.7 Å². The van der Waals surface area contributed by atoms with Gasteiger partial charge in [-0.05, 0) is 10.7 Å². The number of nitrogens with zero attached hydrogens (tertiary/aromatic N) is 2. The number of hydrogen-bond donors (Lipinski definition) is 0. The maximum atomic E-state index is 5.81. The molecule has 0 aliphatic heterocycles. The van der Waals surface area contributed by atoms with Crippen LogP contribution in [0.25, 0.3) is 10.8 Å². The van der Waals surface area contributed by atoms with Crippen LogP contribution in [0, 0.1) is 6.20 Å². The largest absolute Gasteiger partial charge is 0.228 e. The molecule has 0 amide bonds. The third kappa shape index (κ3) is 2.46. The Morgan fingerprint density at radius 2 is 2.15 bits per heavy atom. The van der Waals surface area contributed by atoms with Gasteiger partial charge in [0.1, 0.15) is 5.15 Å². The zero-order chi connectivity index (χ0) is 8.55. The third-order valence-electron chi connectivity index (χ3n) is 1.51. The summed E-state index contributed by atoms with van der Waals surface area (Å²) < 4.78 is 0.971. The Kier molecular flexibility index (Phi) is 4.23. The average molecular weight is 331 g/mol. The summed E-state index contributed by atoms with van der Waals surface area (Å²) in [5.74, 6) is 0. The molecule has 0 N–H and O–H groups in total. The van der Waals surface area contributed by atoms with Crippen molar-refractivity contribution in [1.29, 1.82) is 0 Å². The van der Waals surface area contributed by atoms with Crippen LogP contribution in [-0.4, -0.2) is 10.2 Å². The number of halogens is 2. The minimum atomic E-state index is 0.